The molecule has 11 aromatic rings. The monoisotopic (exact) mass is 664 g/mol. The van der Waals surface area contributed by atoms with Crippen molar-refractivity contribution in [2.75, 3.05) is 0 Å². The number of para-hydroxylation sites is 1. The first-order chi connectivity index (χ1) is 25.7. The second-order valence-corrected chi connectivity index (χ2v) is 13.3. The Labute approximate surface area is 298 Å². The predicted octanol–water partition coefficient (Wildman–Crippen LogP) is 12.2. The number of fused-ring (bicyclic) bond motifs is 9. The van der Waals surface area contributed by atoms with Gasteiger partial charge in [0.2, 0.25) is 0 Å². The van der Waals surface area contributed by atoms with E-state index in [4.69, 9.17) is 19.4 Å². The fourth-order valence-corrected chi connectivity index (χ4v) is 7.73. The van der Waals surface area contributed by atoms with Crippen LogP contribution in [-0.2, 0) is 0 Å². The lowest BCUT2D eigenvalue weighted by Gasteiger charge is -2.11. The second-order valence-electron chi connectivity index (χ2n) is 13.3. The number of nitrogens with zero attached hydrogens (tertiary/aromatic N) is 4. The zero-order valence-electron chi connectivity index (χ0n) is 27.9. The summed E-state index contributed by atoms with van der Waals surface area (Å²) < 4.78 is 8.49. The molecule has 52 heavy (non-hydrogen) atoms. The van der Waals surface area contributed by atoms with Crippen LogP contribution >= 0.6 is 0 Å². The topological polar surface area (TPSA) is 56.7 Å². The molecule has 0 atom stereocenters. The highest BCUT2D eigenvalue weighted by Crippen LogP contribution is 2.39. The molecule has 0 aliphatic carbocycles. The van der Waals surface area contributed by atoms with Crippen LogP contribution in [0.3, 0.4) is 0 Å². The lowest BCUT2D eigenvalue weighted by molar-refractivity contribution is 0.669. The van der Waals surface area contributed by atoms with E-state index in [2.05, 4.69) is 114 Å². The summed E-state index contributed by atoms with van der Waals surface area (Å²) in [4.78, 5) is 15.1. The Morgan fingerprint density at radius 1 is 0.365 bits per heavy atom. The van der Waals surface area contributed by atoms with Gasteiger partial charge in [-0.25, -0.2) is 15.0 Å². The van der Waals surface area contributed by atoms with Gasteiger partial charge in [-0.1, -0.05) is 103 Å². The Bertz CT molecular complexity index is 3180. The van der Waals surface area contributed by atoms with Gasteiger partial charge in [-0.3, -0.25) is 0 Å². The summed E-state index contributed by atoms with van der Waals surface area (Å²) in [6.45, 7) is 0. The van der Waals surface area contributed by atoms with Gasteiger partial charge in [0, 0.05) is 43.9 Å². The van der Waals surface area contributed by atoms with E-state index in [1.165, 1.54) is 43.4 Å². The predicted molar refractivity (Wildman–Crippen MR) is 213 cm³/mol. The smallest absolute Gasteiger partial charge is 0.164 e. The molecular formula is C47H28N4O. The molecule has 5 heteroatoms. The lowest BCUT2D eigenvalue weighted by atomic mass is 10.0. The van der Waals surface area contributed by atoms with Gasteiger partial charge in [-0.15, -0.1) is 0 Å². The zero-order valence-corrected chi connectivity index (χ0v) is 27.9. The van der Waals surface area contributed by atoms with Crippen molar-refractivity contribution in [3.8, 4) is 39.9 Å². The van der Waals surface area contributed by atoms with Crippen molar-refractivity contribution in [2.45, 2.75) is 0 Å². The molecule has 0 N–H and O–H groups in total. The average molecular weight is 665 g/mol. The summed E-state index contributed by atoms with van der Waals surface area (Å²) in [6.07, 6.45) is 0. The third-order valence-electron chi connectivity index (χ3n) is 10.2. The van der Waals surface area contributed by atoms with Crippen molar-refractivity contribution in [1.29, 1.82) is 0 Å². The zero-order chi connectivity index (χ0) is 34.2. The normalized spacial score (nSPS) is 11.8. The van der Waals surface area contributed by atoms with Gasteiger partial charge in [0.1, 0.15) is 11.2 Å². The van der Waals surface area contributed by atoms with Crippen molar-refractivity contribution in [3.05, 3.63) is 170 Å². The first-order valence-corrected chi connectivity index (χ1v) is 17.4. The van der Waals surface area contributed by atoms with Gasteiger partial charge in [0.25, 0.3) is 0 Å². The average Bonchev–Trinajstić information content (AvgIpc) is 3.75. The van der Waals surface area contributed by atoms with E-state index in [1.54, 1.807) is 0 Å². The van der Waals surface area contributed by atoms with Gasteiger partial charge in [-0.05, 0) is 88.3 Å². The largest absolute Gasteiger partial charge is 0.456 e. The van der Waals surface area contributed by atoms with E-state index in [0.717, 1.165) is 44.3 Å². The van der Waals surface area contributed by atoms with Crippen LogP contribution in [0.5, 0.6) is 0 Å². The molecule has 0 fully saturated rings. The minimum absolute atomic E-state index is 0.612. The number of hydrogen-bond donors (Lipinski definition) is 0. The minimum Gasteiger partial charge on any atom is -0.456 e. The Morgan fingerprint density at radius 2 is 0.962 bits per heavy atom. The molecule has 5 nitrogen and oxygen atoms in total. The Hall–Kier alpha value is -7.11. The lowest BCUT2D eigenvalue weighted by Crippen LogP contribution is -2.00. The van der Waals surface area contributed by atoms with Crippen LogP contribution in [-0.4, -0.2) is 19.5 Å². The maximum atomic E-state index is 6.11. The minimum atomic E-state index is 0.612. The molecule has 0 radical (unpaired) electrons. The first kappa shape index (κ1) is 28.7. The number of aromatic nitrogens is 4. The van der Waals surface area contributed by atoms with E-state index in [0.29, 0.717) is 17.5 Å². The van der Waals surface area contributed by atoms with Crippen molar-refractivity contribution < 1.29 is 4.42 Å². The number of hydrogen-bond acceptors (Lipinski definition) is 4. The first-order valence-electron chi connectivity index (χ1n) is 17.4. The van der Waals surface area contributed by atoms with Gasteiger partial charge >= 0.3 is 0 Å². The summed E-state index contributed by atoms with van der Waals surface area (Å²) in [7, 11) is 0. The Morgan fingerprint density at radius 3 is 1.75 bits per heavy atom. The van der Waals surface area contributed by atoms with Gasteiger partial charge < -0.3 is 8.98 Å². The van der Waals surface area contributed by atoms with Crippen LogP contribution in [0.4, 0.5) is 0 Å². The van der Waals surface area contributed by atoms with E-state index >= 15 is 0 Å². The number of benzene rings is 8. The summed E-state index contributed by atoms with van der Waals surface area (Å²) in [5.41, 5.74) is 7.87. The standard InChI is InChI=1S/C47H28N4O/c1-2-11-30(12-3-1)45-48-46(50-47(49-45)34-21-25-43-38(27-34)37-16-8-9-17-42(37)52-43)31-18-22-35(23-19-31)51-40-24-20-29-10-6-7-15-36(29)44(40)39-26-32-13-4-5-14-33(32)28-41(39)51/h1-28H. The van der Waals surface area contributed by atoms with Crippen molar-refractivity contribution in [3.63, 3.8) is 0 Å². The van der Waals surface area contributed by atoms with Crippen LogP contribution in [0.25, 0.3) is 105 Å². The Balaban J connectivity index is 1.09. The molecule has 0 saturated carbocycles. The van der Waals surface area contributed by atoms with Gasteiger partial charge in [0.05, 0.1) is 11.0 Å². The van der Waals surface area contributed by atoms with Crippen LogP contribution in [0, 0.1) is 0 Å². The molecule has 0 unspecified atom stereocenters. The van der Waals surface area contributed by atoms with Crippen molar-refractivity contribution >= 4 is 65.3 Å². The van der Waals surface area contributed by atoms with Crippen LogP contribution in [0.15, 0.2) is 174 Å². The highest BCUT2D eigenvalue weighted by Gasteiger charge is 2.18. The van der Waals surface area contributed by atoms with Gasteiger partial charge in [-0.2, -0.15) is 0 Å². The Kier molecular flexibility index (Phi) is 6.18. The molecule has 0 saturated heterocycles. The molecule has 3 heterocycles. The van der Waals surface area contributed by atoms with Crippen LogP contribution < -0.4 is 0 Å². The SMILES string of the molecule is c1ccc(-c2nc(-c3ccc(-n4c5cc6ccccc6cc5c5c6ccccc6ccc54)cc3)nc(-c3ccc4oc5ccccc5c4c3)n2)cc1. The third-order valence-corrected chi connectivity index (χ3v) is 10.2. The molecule has 0 spiro atoms. The second kappa shape index (κ2) is 11.2. The summed E-state index contributed by atoms with van der Waals surface area (Å²) in [5, 5.41) is 9.54. The molecule has 11 rings (SSSR count). The number of furan rings is 1. The summed E-state index contributed by atoms with van der Waals surface area (Å²) >= 11 is 0. The summed E-state index contributed by atoms with van der Waals surface area (Å²) in [5.74, 6) is 1.86. The molecule has 0 amide bonds. The quantitative estimate of drug-likeness (QED) is 0.188. The van der Waals surface area contributed by atoms with E-state index in [9.17, 15) is 0 Å². The fourth-order valence-electron chi connectivity index (χ4n) is 7.73. The highest BCUT2D eigenvalue weighted by molar-refractivity contribution is 6.23. The van der Waals surface area contributed by atoms with Crippen LogP contribution in [0.2, 0.25) is 0 Å². The van der Waals surface area contributed by atoms with Crippen LogP contribution in [0.1, 0.15) is 0 Å². The molecule has 0 aliphatic rings. The molecule has 0 aliphatic heterocycles. The van der Waals surface area contributed by atoms with Crippen molar-refractivity contribution in [1.82, 2.24) is 19.5 Å². The van der Waals surface area contributed by atoms with E-state index in [-0.39, 0.29) is 0 Å². The fraction of sp³-hybridized carbons (Fsp3) is 0. The molecule has 0 bridgehead atoms. The summed E-state index contributed by atoms with van der Waals surface area (Å²) in [6, 6.07) is 59.3. The third kappa shape index (κ3) is 4.46. The van der Waals surface area contributed by atoms with E-state index < -0.39 is 0 Å². The molecule has 3 aromatic heterocycles. The molecule has 8 aromatic carbocycles. The molecular weight excluding hydrogens is 637 g/mol. The maximum absolute atomic E-state index is 6.11. The van der Waals surface area contributed by atoms with E-state index in [1.807, 2.05) is 60.7 Å². The highest BCUT2D eigenvalue weighted by atomic mass is 16.3. The van der Waals surface area contributed by atoms with Crippen molar-refractivity contribution in [2.24, 2.45) is 0 Å². The molecule has 242 valence electrons. The maximum Gasteiger partial charge on any atom is 0.164 e. The van der Waals surface area contributed by atoms with Gasteiger partial charge in [0.15, 0.2) is 17.5 Å². The number of rotatable bonds is 4.